The van der Waals surface area contributed by atoms with Gasteiger partial charge < -0.3 is 34.5 Å². The van der Waals surface area contributed by atoms with Crippen molar-refractivity contribution in [1.82, 2.24) is 15.3 Å². The van der Waals surface area contributed by atoms with E-state index in [1.54, 1.807) is 51.8 Å². The molecule has 2 heterocycles. The monoisotopic (exact) mass is 587 g/mol. The molecule has 1 aliphatic rings. The Morgan fingerprint density at radius 2 is 1.63 bits per heavy atom. The van der Waals surface area contributed by atoms with Crippen molar-refractivity contribution in [2.45, 2.75) is 19.4 Å². The van der Waals surface area contributed by atoms with Crippen molar-refractivity contribution >= 4 is 23.4 Å². The molecule has 5 rings (SSSR count). The number of amides is 1. The Balaban J connectivity index is 1.17. The number of benzene rings is 3. The normalized spacial score (nSPS) is 14.5. The van der Waals surface area contributed by atoms with Crippen LogP contribution >= 0.6 is 0 Å². The minimum Gasteiger partial charge on any atom is -0.493 e. The van der Waals surface area contributed by atoms with Gasteiger partial charge in [0.2, 0.25) is 17.6 Å². The van der Waals surface area contributed by atoms with Gasteiger partial charge in [-0.3, -0.25) is 4.79 Å². The zero-order valence-electron chi connectivity index (χ0n) is 24.3. The number of nitrogens with zero attached hydrogens (tertiary/aromatic N) is 3. The fourth-order valence-electron chi connectivity index (χ4n) is 4.91. The van der Waals surface area contributed by atoms with Crippen molar-refractivity contribution in [1.29, 1.82) is 0 Å². The molecule has 0 spiro atoms. The highest BCUT2D eigenvalue weighted by Crippen LogP contribution is 2.40. The highest BCUT2D eigenvalue weighted by Gasteiger charge is 2.26. The molecule has 0 radical (unpaired) electrons. The summed E-state index contributed by atoms with van der Waals surface area (Å²) in [7, 11) is 4.67. The molecule has 0 aliphatic carbocycles. The summed E-state index contributed by atoms with van der Waals surface area (Å²) in [4.78, 5) is 24.3. The first kappa shape index (κ1) is 29.4. The van der Waals surface area contributed by atoms with Gasteiger partial charge in [-0.05, 0) is 60.9 Å². The lowest BCUT2D eigenvalue weighted by atomic mass is 9.97. The average Bonchev–Trinajstić information content (AvgIpc) is 3.05. The number of hydrogen-bond acceptors (Lipinski definition) is 9. The first-order valence-corrected chi connectivity index (χ1v) is 13.9. The first-order chi connectivity index (χ1) is 20.9. The van der Waals surface area contributed by atoms with E-state index in [0.717, 1.165) is 30.8 Å². The summed E-state index contributed by atoms with van der Waals surface area (Å²) in [6.07, 6.45) is 3.36. The van der Waals surface area contributed by atoms with Crippen molar-refractivity contribution in [2.24, 2.45) is 5.92 Å². The van der Waals surface area contributed by atoms with Crippen LogP contribution in [0.3, 0.4) is 0 Å². The molecule has 2 N–H and O–H groups in total. The Morgan fingerprint density at radius 1 is 0.953 bits per heavy atom. The molecule has 43 heavy (non-hydrogen) atoms. The van der Waals surface area contributed by atoms with Crippen molar-refractivity contribution in [2.75, 3.05) is 44.6 Å². The molecule has 1 saturated heterocycles. The number of rotatable bonds is 11. The van der Waals surface area contributed by atoms with E-state index in [2.05, 4.69) is 20.5 Å². The van der Waals surface area contributed by atoms with Crippen molar-refractivity contribution in [3.63, 3.8) is 0 Å². The van der Waals surface area contributed by atoms with Gasteiger partial charge in [0.1, 0.15) is 23.1 Å². The molecule has 1 fully saturated rings. The number of hydrogen-bond donors (Lipinski definition) is 2. The molecule has 1 aromatic heterocycles. The van der Waals surface area contributed by atoms with Crippen LogP contribution in [0.25, 0.3) is 0 Å². The van der Waals surface area contributed by atoms with Gasteiger partial charge in [-0.15, -0.1) is 0 Å². The van der Waals surface area contributed by atoms with Gasteiger partial charge in [0.05, 0.1) is 27.2 Å². The number of piperidine rings is 1. The van der Waals surface area contributed by atoms with E-state index in [4.69, 9.17) is 23.9 Å². The summed E-state index contributed by atoms with van der Waals surface area (Å²) in [6.45, 7) is 1.75. The van der Waals surface area contributed by atoms with Gasteiger partial charge in [-0.25, -0.2) is 9.37 Å². The van der Waals surface area contributed by atoms with Gasteiger partial charge in [0, 0.05) is 43.7 Å². The van der Waals surface area contributed by atoms with E-state index >= 15 is 0 Å². The van der Waals surface area contributed by atoms with Gasteiger partial charge in [0.15, 0.2) is 11.5 Å². The molecular weight excluding hydrogens is 553 g/mol. The predicted octanol–water partition coefficient (Wildman–Crippen LogP) is 5.71. The smallest absolute Gasteiger partial charge is 0.229 e. The molecule has 1 atom stereocenters. The topological polar surface area (TPSA) is 107 Å². The number of halogens is 1. The number of nitrogens with one attached hydrogen (secondary N) is 2. The molecule has 0 bridgehead atoms. The maximum absolute atomic E-state index is 13.1. The minimum atomic E-state index is -0.314. The number of carbonyl (C=O) groups is 1. The largest absolute Gasteiger partial charge is 0.493 e. The average molecular weight is 588 g/mol. The predicted molar refractivity (Wildman–Crippen MR) is 161 cm³/mol. The summed E-state index contributed by atoms with van der Waals surface area (Å²) in [5.74, 6) is 3.37. The van der Waals surface area contributed by atoms with Crippen molar-refractivity contribution in [3.05, 3.63) is 84.3 Å². The summed E-state index contributed by atoms with van der Waals surface area (Å²) in [6, 6.07) is 18.7. The Kier molecular flexibility index (Phi) is 9.40. The van der Waals surface area contributed by atoms with Crippen LogP contribution in [0.5, 0.6) is 28.7 Å². The van der Waals surface area contributed by atoms with Gasteiger partial charge in [-0.2, -0.15) is 4.98 Å². The van der Waals surface area contributed by atoms with Crippen LogP contribution in [0.15, 0.2) is 72.9 Å². The number of carbonyl (C=O) groups excluding carboxylic acids is 1. The van der Waals surface area contributed by atoms with Crippen LogP contribution < -0.4 is 34.5 Å². The third kappa shape index (κ3) is 7.42. The van der Waals surface area contributed by atoms with Crippen LogP contribution in [0.2, 0.25) is 0 Å². The number of aromatic nitrogens is 2. The second-order valence-corrected chi connectivity index (χ2v) is 9.98. The van der Waals surface area contributed by atoms with Crippen LogP contribution in [-0.4, -0.2) is 50.3 Å². The summed E-state index contributed by atoms with van der Waals surface area (Å²) < 4.78 is 35.1. The number of ether oxygens (including phenoxy) is 4. The standard InChI is InChI=1S/C32H34FN5O5/c1-40-27-17-24(18-28(41-2)30(27)42-3)36-32-34-15-14-29(37-32)38-16-4-5-22(20-38)31(39)35-19-21-6-10-25(11-7-21)43-26-12-8-23(33)9-13-26/h6-15,17-18,22H,4-5,16,19-20H2,1-3H3,(H,35,39)(H,34,36,37). The number of anilines is 3. The Morgan fingerprint density at radius 3 is 2.28 bits per heavy atom. The van der Waals surface area contributed by atoms with Gasteiger partial charge in [-0.1, -0.05) is 12.1 Å². The zero-order valence-corrected chi connectivity index (χ0v) is 24.3. The highest BCUT2D eigenvalue weighted by molar-refractivity contribution is 5.79. The summed E-state index contributed by atoms with van der Waals surface area (Å²) in [5, 5.41) is 6.27. The lowest BCUT2D eigenvalue weighted by Crippen LogP contribution is -2.43. The Hall–Kier alpha value is -5.06. The third-order valence-electron chi connectivity index (χ3n) is 7.12. The van der Waals surface area contributed by atoms with E-state index in [0.29, 0.717) is 53.5 Å². The van der Waals surface area contributed by atoms with E-state index in [1.165, 1.54) is 12.1 Å². The van der Waals surface area contributed by atoms with E-state index in [1.807, 2.05) is 30.3 Å². The van der Waals surface area contributed by atoms with Crippen molar-refractivity contribution < 1.29 is 28.1 Å². The maximum Gasteiger partial charge on any atom is 0.229 e. The number of methoxy groups -OCH3 is 3. The van der Waals surface area contributed by atoms with E-state index in [9.17, 15) is 9.18 Å². The maximum atomic E-state index is 13.1. The van der Waals surface area contributed by atoms with Gasteiger partial charge >= 0.3 is 0 Å². The lowest BCUT2D eigenvalue weighted by molar-refractivity contribution is -0.125. The Bertz CT molecular complexity index is 1510. The molecule has 1 amide bonds. The van der Waals surface area contributed by atoms with Crippen LogP contribution in [0.4, 0.5) is 21.8 Å². The molecule has 1 aliphatic heterocycles. The third-order valence-corrected chi connectivity index (χ3v) is 7.12. The van der Waals surface area contributed by atoms with Crippen molar-refractivity contribution in [3.8, 4) is 28.7 Å². The summed E-state index contributed by atoms with van der Waals surface area (Å²) >= 11 is 0. The van der Waals surface area contributed by atoms with Gasteiger partial charge in [0.25, 0.3) is 0 Å². The molecule has 10 nitrogen and oxygen atoms in total. The van der Waals surface area contributed by atoms with Crippen LogP contribution in [-0.2, 0) is 11.3 Å². The molecule has 224 valence electrons. The van der Waals surface area contributed by atoms with E-state index < -0.39 is 0 Å². The summed E-state index contributed by atoms with van der Waals surface area (Å²) in [5.41, 5.74) is 1.63. The second-order valence-electron chi connectivity index (χ2n) is 9.98. The highest BCUT2D eigenvalue weighted by atomic mass is 19.1. The van der Waals surface area contributed by atoms with E-state index in [-0.39, 0.29) is 17.6 Å². The second kappa shape index (κ2) is 13.7. The van der Waals surface area contributed by atoms with Crippen LogP contribution in [0.1, 0.15) is 18.4 Å². The SMILES string of the molecule is COc1cc(Nc2nccc(N3CCCC(C(=O)NCc4ccc(Oc5ccc(F)cc5)cc4)C3)n2)cc(OC)c1OC. The quantitative estimate of drug-likeness (QED) is 0.228. The molecule has 4 aromatic rings. The molecular formula is C32H34FN5O5. The fraction of sp³-hybridized carbons (Fsp3) is 0.281. The zero-order chi connectivity index (χ0) is 30.2. The lowest BCUT2D eigenvalue weighted by Gasteiger charge is -2.33. The molecule has 0 saturated carbocycles. The first-order valence-electron chi connectivity index (χ1n) is 13.9. The molecule has 3 aromatic carbocycles. The van der Waals surface area contributed by atoms with Crippen LogP contribution in [0, 0.1) is 11.7 Å². The fourth-order valence-corrected chi connectivity index (χ4v) is 4.91. The molecule has 1 unspecified atom stereocenters. The minimum absolute atomic E-state index is 0.00108. The Labute approximate surface area is 249 Å². The molecule has 11 heteroatoms.